The van der Waals surface area contributed by atoms with E-state index >= 15 is 0 Å². The van der Waals surface area contributed by atoms with Gasteiger partial charge in [-0.3, -0.25) is 9.89 Å². The van der Waals surface area contributed by atoms with Crippen molar-refractivity contribution < 1.29 is 23.8 Å². The van der Waals surface area contributed by atoms with Crippen LogP contribution < -0.4 is 20.1 Å². The summed E-state index contributed by atoms with van der Waals surface area (Å²) >= 11 is 0. The van der Waals surface area contributed by atoms with Gasteiger partial charge >= 0.3 is 12.0 Å². The van der Waals surface area contributed by atoms with Gasteiger partial charge in [0.2, 0.25) is 0 Å². The summed E-state index contributed by atoms with van der Waals surface area (Å²) in [4.78, 5) is 23.6. The minimum atomic E-state index is -0.534. The normalized spacial score (nSPS) is 10.2. The van der Waals surface area contributed by atoms with Gasteiger partial charge in [0.25, 0.3) is 0 Å². The van der Waals surface area contributed by atoms with Crippen LogP contribution >= 0.6 is 0 Å². The zero-order valence-corrected chi connectivity index (χ0v) is 15.8. The Kier molecular flexibility index (Phi) is 7.04. The number of aryl methyl sites for hydroxylation is 1. The third-order valence-electron chi connectivity index (χ3n) is 3.80. The number of carbonyl (C=O) groups excluding carboxylic acids is 2. The standard InChI is InChI=1S/C18H24N4O5/c1-5-13-17(20-18(24)19-10-15(23)27-6-2)16(22-21-13)12-8-7-11(25-3)9-14(12)26-4/h7-9H,5-6,10H2,1-4H3,(H,21,22)(H2,19,20,24). The van der Waals surface area contributed by atoms with Crippen molar-refractivity contribution in [3.05, 3.63) is 23.9 Å². The Morgan fingerprint density at radius 3 is 2.59 bits per heavy atom. The molecule has 0 fully saturated rings. The van der Waals surface area contributed by atoms with Crippen LogP contribution in [0.5, 0.6) is 11.5 Å². The first-order chi connectivity index (χ1) is 13.0. The number of hydrogen-bond donors (Lipinski definition) is 3. The molecule has 0 atom stereocenters. The quantitative estimate of drug-likeness (QED) is 0.609. The van der Waals surface area contributed by atoms with Crippen LogP contribution in [0.15, 0.2) is 18.2 Å². The molecular formula is C18H24N4O5. The van der Waals surface area contributed by atoms with Gasteiger partial charge in [0.15, 0.2) is 0 Å². The van der Waals surface area contributed by atoms with E-state index in [0.29, 0.717) is 34.9 Å². The Bertz CT molecular complexity index is 803. The van der Waals surface area contributed by atoms with E-state index in [-0.39, 0.29) is 13.2 Å². The first kappa shape index (κ1) is 20.1. The number of methoxy groups -OCH3 is 2. The lowest BCUT2D eigenvalue weighted by Crippen LogP contribution is -2.34. The average Bonchev–Trinajstić information content (AvgIpc) is 3.08. The summed E-state index contributed by atoms with van der Waals surface area (Å²) in [5.41, 5.74) is 2.48. The Hall–Kier alpha value is -3.23. The first-order valence-corrected chi connectivity index (χ1v) is 8.54. The predicted octanol–water partition coefficient (Wildman–Crippen LogP) is 2.34. The molecule has 3 N–H and O–H groups in total. The maximum Gasteiger partial charge on any atom is 0.325 e. The monoisotopic (exact) mass is 376 g/mol. The Labute approximate surface area is 157 Å². The number of aromatic nitrogens is 2. The van der Waals surface area contributed by atoms with Crippen LogP contribution in [-0.2, 0) is 16.0 Å². The smallest absolute Gasteiger partial charge is 0.325 e. The number of nitrogens with one attached hydrogen (secondary N) is 3. The molecule has 1 heterocycles. The zero-order chi connectivity index (χ0) is 19.8. The molecule has 0 bridgehead atoms. The lowest BCUT2D eigenvalue weighted by Gasteiger charge is -2.12. The van der Waals surface area contributed by atoms with Gasteiger partial charge in [-0.15, -0.1) is 0 Å². The molecule has 27 heavy (non-hydrogen) atoms. The number of ether oxygens (including phenoxy) is 3. The minimum Gasteiger partial charge on any atom is -0.497 e. The van der Waals surface area contributed by atoms with E-state index in [1.54, 1.807) is 39.3 Å². The third-order valence-corrected chi connectivity index (χ3v) is 3.80. The number of rotatable bonds is 8. The number of amides is 2. The molecule has 146 valence electrons. The van der Waals surface area contributed by atoms with E-state index in [4.69, 9.17) is 14.2 Å². The van der Waals surface area contributed by atoms with Gasteiger partial charge in [0, 0.05) is 11.6 Å². The highest BCUT2D eigenvalue weighted by molar-refractivity contribution is 5.96. The number of H-pyrrole nitrogens is 1. The summed E-state index contributed by atoms with van der Waals surface area (Å²) < 4.78 is 15.4. The topological polar surface area (TPSA) is 115 Å². The summed E-state index contributed by atoms with van der Waals surface area (Å²) in [5.74, 6) is 0.689. The molecule has 0 aliphatic heterocycles. The van der Waals surface area contributed by atoms with Crippen LogP contribution in [0, 0.1) is 0 Å². The van der Waals surface area contributed by atoms with E-state index < -0.39 is 12.0 Å². The van der Waals surface area contributed by atoms with Crippen LogP contribution in [0.25, 0.3) is 11.3 Å². The summed E-state index contributed by atoms with van der Waals surface area (Å²) in [7, 11) is 3.11. The van der Waals surface area contributed by atoms with Crippen LogP contribution in [0.4, 0.5) is 10.5 Å². The lowest BCUT2D eigenvalue weighted by atomic mass is 10.1. The van der Waals surface area contributed by atoms with Crippen molar-refractivity contribution in [3.63, 3.8) is 0 Å². The second-order valence-electron chi connectivity index (χ2n) is 5.46. The maximum atomic E-state index is 12.2. The van der Waals surface area contributed by atoms with Crippen LogP contribution in [0.2, 0.25) is 0 Å². The van der Waals surface area contributed by atoms with Gasteiger partial charge in [-0.2, -0.15) is 5.10 Å². The maximum absolute atomic E-state index is 12.2. The number of hydrogen-bond acceptors (Lipinski definition) is 6. The SMILES string of the molecule is CCOC(=O)CNC(=O)Nc1c(-c2ccc(OC)cc2OC)n[nH]c1CC. The number of carbonyl (C=O) groups is 2. The Balaban J connectivity index is 2.27. The molecule has 2 rings (SSSR count). The van der Waals surface area contributed by atoms with Crippen molar-refractivity contribution in [3.8, 4) is 22.8 Å². The second kappa shape index (κ2) is 9.46. The van der Waals surface area contributed by atoms with Gasteiger partial charge in [-0.25, -0.2) is 4.79 Å². The molecule has 0 unspecified atom stereocenters. The van der Waals surface area contributed by atoms with E-state index in [9.17, 15) is 9.59 Å². The molecule has 0 aliphatic carbocycles. The molecule has 0 radical (unpaired) electrons. The Morgan fingerprint density at radius 2 is 1.96 bits per heavy atom. The molecule has 0 spiro atoms. The average molecular weight is 376 g/mol. The third kappa shape index (κ3) is 4.90. The van der Waals surface area contributed by atoms with Crippen LogP contribution in [0.1, 0.15) is 19.5 Å². The van der Waals surface area contributed by atoms with Gasteiger partial charge < -0.3 is 24.8 Å². The number of esters is 1. The first-order valence-electron chi connectivity index (χ1n) is 8.54. The highest BCUT2D eigenvalue weighted by Gasteiger charge is 2.20. The highest BCUT2D eigenvalue weighted by atomic mass is 16.5. The summed E-state index contributed by atoms with van der Waals surface area (Å²) in [6.07, 6.45) is 0.624. The molecule has 2 amide bonds. The number of urea groups is 1. The molecule has 9 heteroatoms. The second-order valence-corrected chi connectivity index (χ2v) is 5.46. The number of nitrogens with zero attached hydrogens (tertiary/aromatic N) is 1. The van der Waals surface area contributed by atoms with Gasteiger partial charge in [-0.05, 0) is 25.5 Å². The van der Waals surface area contributed by atoms with E-state index in [2.05, 4.69) is 20.8 Å². The fraction of sp³-hybridized carbons (Fsp3) is 0.389. The summed E-state index contributed by atoms with van der Waals surface area (Å²) in [6.45, 7) is 3.67. The lowest BCUT2D eigenvalue weighted by molar-refractivity contribution is -0.141. The fourth-order valence-corrected chi connectivity index (χ4v) is 2.48. The summed E-state index contributed by atoms with van der Waals surface area (Å²) in [5, 5.41) is 12.5. The zero-order valence-electron chi connectivity index (χ0n) is 15.8. The minimum absolute atomic E-state index is 0.222. The van der Waals surface area contributed by atoms with Gasteiger partial charge in [-0.1, -0.05) is 6.92 Å². The van der Waals surface area contributed by atoms with E-state index in [1.165, 1.54) is 0 Å². The van der Waals surface area contributed by atoms with E-state index in [1.807, 2.05) is 6.92 Å². The van der Waals surface area contributed by atoms with Gasteiger partial charge in [0.1, 0.15) is 23.7 Å². The molecule has 0 saturated heterocycles. The molecule has 1 aromatic carbocycles. The van der Waals surface area contributed by atoms with Crippen LogP contribution in [-0.4, -0.2) is 49.6 Å². The van der Waals surface area contributed by atoms with Crippen molar-refractivity contribution in [2.75, 3.05) is 32.7 Å². The van der Waals surface area contributed by atoms with Crippen molar-refractivity contribution >= 4 is 17.7 Å². The molecule has 0 aliphatic rings. The molecule has 9 nitrogen and oxygen atoms in total. The van der Waals surface area contributed by atoms with Crippen molar-refractivity contribution in [2.45, 2.75) is 20.3 Å². The molecule has 0 saturated carbocycles. The largest absolute Gasteiger partial charge is 0.497 e. The van der Waals surface area contributed by atoms with E-state index in [0.717, 1.165) is 5.69 Å². The van der Waals surface area contributed by atoms with Gasteiger partial charge in [0.05, 0.1) is 32.2 Å². The number of benzene rings is 1. The fourth-order valence-electron chi connectivity index (χ4n) is 2.48. The van der Waals surface area contributed by atoms with Crippen molar-refractivity contribution in [1.29, 1.82) is 0 Å². The predicted molar refractivity (Wildman–Crippen MR) is 100 cm³/mol. The van der Waals surface area contributed by atoms with Crippen LogP contribution in [0.3, 0.4) is 0 Å². The molecular weight excluding hydrogens is 352 g/mol. The highest BCUT2D eigenvalue weighted by Crippen LogP contribution is 2.37. The number of aromatic amines is 1. The summed E-state index contributed by atoms with van der Waals surface area (Å²) in [6, 6.07) is 4.78. The Morgan fingerprint density at radius 1 is 1.19 bits per heavy atom. The van der Waals surface area contributed by atoms with Crippen molar-refractivity contribution in [1.82, 2.24) is 15.5 Å². The molecule has 1 aromatic heterocycles. The molecule has 2 aromatic rings. The van der Waals surface area contributed by atoms with Crippen molar-refractivity contribution in [2.24, 2.45) is 0 Å². The number of anilines is 1.